The van der Waals surface area contributed by atoms with E-state index in [4.69, 9.17) is 0 Å². The van der Waals surface area contributed by atoms with Crippen LogP contribution in [0.15, 0.2) is 53.0 Å². The van der Waals surface area contributed by atoms with Gasteiger partial charge in [-0.15, -0.1) is 0 Å². The van der Waals surface area contributed by atoms with Crippen LogP contribution in [-0.4, -0.2) is 22.7 Å². The van der Waals surface area contributed by atoms with Crippen LogP contribution in [0.3, 0.4) is 0 Å². The summed E-state index contributed by atoms with van der Waals surface area (Å²) < 4.78 is 0.642. The monoisotopic (exact) mass is 350 g/mol. The molecule has 0 aromatic heterocycles. The topological polar surface area (TPSA) is 75.4 Å². The molecule has 1 atom stereocenters. The highest BCUT2D eigenvalue weighted by Crippen LogP contribution is 2.28. The summed E-state index contributed by atoms with van der Waals surface area (Å²) in [6.45, 7) is -0.109. The Balaban J connectivity index is 2.17. The standard InChI is InChI=1S/C15H15BrN2O3/c16-12-6-7-14(15(9-12)18(20)21)17-13(10-19)8-11-4-2-1-3-5-11/h1-7,9,13,17,19H,8,10H2. The van der Waals surface area contributed by atoms with Gasteiger partial charge in [0, 0.05) is 10.5 Å². The van der Waals surface area contributed by atoms with Crippen LogP contribution in [0.4, 0.5) is 11.4 Å². The molecular formula is C15H15BrN2O3. The molecule has 110 valence electrons. The van der Waals surface area contributed by atoms with Gasteiger partial charge in [0.05, 0.1) is 17.6 Å². The molecule has 2 N–H and O–H groups in total. The molecule has 0 aliphatic rings. The number of hydrogen-bond acceptors (Lipinski definition) is 4. The van der Waals surface area contributed by atoms with Crippen molar-refractivity contribution in [1.29, 1.82) is 0 Å². The zero-order chi connectivity index (χ0) is 15.2. The first-order valence-corrected chi connectivity index (χ1v) is 7.24. The Morgan fingerprint density at radius 1 is 1.24 bits per heavy atom. The number of rotatable bonds is 6. The maximum absolute atomic E-state index is 11.1. The summed E-state index contributed by atoms with van der Waals surface area (Å²) in [6, 6.07) is 14.2. The lowest BCUT2D eigenvalue weighted by molar-refractivity contribution is -0.384. The predicted molar refractivity (Wildman–Crippen MR) is 85.4 cm³/mol. The van der Waals surface area contributed by atoms with Crippen molar-refractivity contribution in [2.45, 2.75) is 12.5 Å². The van der Waals surface area contributed by atoms with Crippen LogP contribution in [0.2, 0.25) is 0 Å². The van der Waals surface area contributed by atoms with Crippen molar-refractivity contribution in [3.05, 3.63) is 68.7 Å². The molecule has 2 aromatic rings. The third-order valence-corrected chi connectivity index (χ3v) is 3.55. The van der Waals surface area contributed by atoms with Crippen molar-refractivity contribution in [2.75, 3.05) is 11.9 Å². The summed E-state index contributed by atoms with van der Waals surface area (Å²) in [5, 5.41) is 23.6. The van der Waals surface area contributed by atoms with E-state index >= 15 is 0 Å². The number of halogens is 1. The van der Waals surface area contributed by atoms with Crippen molar-refractivity contribution in [3.63, 3.8) is 0 Å². The van der Waals surface area contributed by atoms with Crippen LogP contribution in [0.1, 0.15) is 5.56 Å². The van der Waals surface area contributed by atoms with Gasteiger partial charge < -0.3 is 10.4 Å². The Labute approximate surface area is 130 Å². The Morgan fingerprint density at radius 2 is 1.95 bits per heavy atom. The van der Waals surface area contributed by atoms with Gasteiger partial charge in [0.1, 0.15) is 5.69 Å². The van der Waals surface area contributed by atoms with Crippen molar-refractivity contribution >= 4 is 27.3 Å². The summed E-state index contributed by atoms with van der Waals surface area (Å²) in [6.07, 6.45) is 0.588. The van der Waals surface area contributed by atoms with Gasteiger partial charge in [0.25, 0.3) is 5.69 Å². The van der Waals surface area contributed by atoms with E-state index in [1.54, 1.807) is 12.1 Å². The van der Waals surface area contributed by atoms with Crippen LogP contribution in [-0.2, 0) is 6.42 Å². The molecule has 2 rings (SSSR count). The molecule has 0 bridgehead atoms. The van der Waals surface area contributed by atoms with Crippen molar-refractivity contribution in [2.24, 2.45) is 0 Å². The van der Waals surface area contributed by atoms with Crippen LogP contribution in [0.5, 0.6) is 0 Å². The van der Waals surface area contributed by atoms with Crippen molar-refractivity contribution in [3.8, 4) is 0 Å². The van der Waals surface area contributed by atoms with E-state index in [1.807, 2.05) is 30.3 Å². The molecule has 6 heteroatoms. The zero-order valence-electron chi connectivity index (χ0n) is 11.2. The number of aliphatic hydroxyl groups excluding tert-OH is 1. The second-order valence-electron chi connectivity index (χ2n) is 4.63. The quantitative estimate of drug-likeness (QED) is 0.618. The number of aliphatic hydroxyl groups is 1. The molecule has 0 aliphatic carbocycles. The second-order valence-corrected chi connectivity index (χ2v) is 5.55. The van der Waals surface area contributed by atoms with Gasteiger partial charge in [-0.2, -0.15) is 0 Å². The highest BCUT2D eigenvalue weighted by molar-refractivity contribution is 9.10. The van der Waals surface area contributed by atoms with Gasteiger partial charge in [0.2, 0.25) is 0 Å². The smallest absolute Gasteiger partial charge is 0.293 e. The van der Waals surface area contributed by atoms with Gasteiger partial charge in [-0.1, -0.05) is 46.3 Å². The summed E-state index contributed by atoms with van der Waals surface area (Å²) in [4.78, 5) is 10.6. The third kappa shape index (κ3) is 4.27. The normalized spacial score (nSPS) is 11.9. The maximum Gasteiger partial charge on any atom is 0.293 e. The number of nitro benzene ring substituents is 1. The molecule has 0 aliphatic heterocycles. The summed E-state index contributed by atoms with van der Waals surface area (Å²) in [5.41, 5.74) is 1.44. The number of nitrogens with zero attached hydrogens (tertiary/aromatic N) is 1. The van der Waals surface area contributed by atoms with Gasteiger partial charge in [0.15, 0.2) is 0 Å². The van der Waals surface area contributed by atoms with E-state index in [1.165, 1.54) is 6.07 Å². The van der Waals surface area contributed by atoms with E-state index in [0.29, 0.717) is 16.6 Å². The minimum Gasteiger partial charge on any atom is -0.394 e. The van der Waals surface area contributed by atoms with E-state index < -0.39 is 4.92 Å². The largest absolute Gasteiger partial charge is 0.394 e. The van der Waals surface area contributed by atoms with Gasteiger partial charge in [-0.3, -0.25) is 10.1 Å². The lowest BCUT2D eigenvalue weighted by Gasteiger charge is -2.17. The number of nitrogens with one attached hydrogen (secondary N) is 1. The molecule has 0 saturated heterocycles. The van der Waals surface area contributed by atoms with E-state index in [9.17, 15) is 15.2 Å². The molecule has 2 aromatic carbocycles. The minimum absolute atomic E-state index is 0.0177. The molecule has 1 unspecified atom stereocenters. The fourth-order valence-electron chi connectivity index (χ4n) is 2.06. The minimum atomic E-state index is -0.440. The fraction of sp³-hybridized carbons (Fsp3) is 0.200. The third-order valence-electron chi connectivity index (χ3n) is 3.06. The summed E-state index contributed by atoms with van der Waals surface area (Å²) in [7, 11) is 0. The van der Waals surface area contributed by atoms with Crippen LogP contribution < -0.4 is 5.32 Å². The molecule has 0 heterocycles. The van der Waals surface area contributed by atoms with Gasteiger partial charge in [-0.25, -0.2) is 0 Å². The van der Waals surface area contributed by atoms with Crippen molar-refractivity contribution in [1.82, 2.24) is 0 Å². The average Bonchev–Trinajstić information content (AvgIpc) is 2.49. The zero-order valence-corrected chi connectivity index (χ0v) is 12.8. The Kier molecular flexibility index (Phi) is 5.30. The Hall–Kier alpha value is -1.92. The summed E-state index contributed by atoms with van der Waals surface area (Å²) in [5.74, 6) is 0. The first-order chi connectivity index (χ1) is 10.1. The molecule has 5 nitrogen and oxygen atoms in total. The average molecular weight is 351 g/mol. The van der Waals surface area contributed by atoms with Crippen LogP contribution in [0.25, 0.3) is 0 Å². The molecule has 0 saturated carbocycles. The highest BCUT2D eigenvalue weighted by atomic mass is 79.9. The maximum atomic E-state index is 11.1. The lowest BCUT2D eigenvalue weighted by Crippen LogP contribution is -2.26. The molecule has 0 amide bonds. The second kappa shape index (κ2) is 7.19. The molecule has 0 spiro atoms. The van der Waals surface area contributed by atoms with E-state index in [2.05, 4.69) is 21.2 Å². The van der Waals surface area contributed by atoms with Gasteiger partial charge >= 0.3 is 0 Å². The predicted octanol–water partition coefficient (Wildman–Crippen LogP) is 3.37. The SMILES string of the molecule is O=[N+]([O-])c1cc(Br)ccc1NC(CO)Cc1ccccc1. The molecule has 21 heavy (non-hydrogen) atoms. The fourth-order valence-corrected chi connectivity index (χ4v) is 2.41. The van der Waals surface area contributed by atoms with Crippen LogP contribution >= 0.6 is 15.9 Å². The number of benzene rings is 2. The van der Waals surface area contributed by atoms with E-state index in [-0.39, 0.29) is 18.3 Å². The number of nitro groups is 1. The van der Waals surface area contributed by atoms with Crippen molar-refractivity contribution < 1.29 is 10.0 Å². The molecule has 0 fully saturated rings. The van der Waals surface area contributed by atoms with Crippen LogP contribution in [0, 0.1) is 10.1 Å². The lowest BCUT2D eigenvalue weighted by atomic mass is 10.1. The Morgan fingerprint density at radius 3 is 2.57 bits per heavy atom. The van der Waals surface area contributed by atoms with E-state index in [0.717, 1.165) is 5.56 Å². The summed E-state index contributed by atoms with van der Waals surface area (Å²) >= 11 is 3.22. The number of anilines is 1. The first kappa shape index (κ1) is 15.5. The first-order valence-electron chi connectivity index (χ1n) is 6.45. The highest BCUT2D eigenvalue weighted by Gasteiger charge is 2.17. The van der Waals surface area contributed by atoms with Gasteiger partial charge in [-0.05, 0) is 24.1 Å². The number of hydrogen-bond donors (Lipinski definition) is 2. The molecule has 0 radical (unpaired) electrons. The molecular weight excluding hydrogens is 336 g/mol. The Bertz CT molecular complexity index is 620.